The number of sulfonamides is 1. The molecule has 0 aliphatic rings. The number of rotatable bonds is 9. The highest BCUT2D eigenvalue weighted by Gasteiger charge is 2.18. The Bertz CT molecular complexity index is 754. The molecule has 0 saturated heterocycles. The van der Waals surface area contributed by atoms with Crippen LogP contribution in [-0.2, 0) is 22.9 Å². The molecule has 0 bridgehead atoms. The van der Waals surface area contributed by atoms with Crippen LogP contribution in [0.2, 0.25) is 0 Å². The molecule has 0 unspecified atom stereocenters. The molecular formula is C21H29NO2S. The third-order valence-electron chi connectivity index (χ3n) is 4.40. The van der Waals surface area contributed by atoms with Crippen LogP contribution < -0.4 is 4.72 Å². The van der Waals surface area contributed by atoms with Gasteiger partial charge in [-0.15, -0.1) is 0 Å². The maximum absolute atomic E-state index is 12.9. The van der Waals surface area contributed by atoms with Crippen molar-refractivity contribution in [3.05, 3.63) is 59.2 Å². The Morgan fingerprint density at radius 3 is 1.84 bits per heavy atom. The van der Waals surface area contributed by atoms with Crippen molar-refractivity contribution in [2.75, 3.05) is 4.72 Å². The van der Waals surface area contributed by atoms with Crippen molar-refractivity contribution in [1.82, 2.24) is 0 Å². The second-order valence-electron chi connectivity index (χ2n) is 6.58. The van der Waals surface area contributed by atoms with Gasteiger partial charge in [-0.25, -0.2) is 8.42 Å². The van der Waals surface area contributed by atoms with Gasteiger partial charge in [0, 0.05) is 0 Å². The summed E-state index contributed by atoms with van der Waals surface area (Å²) in [7, 11) is -3.58. The molecule has 0 aliphatic carbocycles. The zero-order valence-electron chi connectivity index (χ0n) is 15.5. The number of hydrogen-bond donors (Lipinski definition) is 1. The fraction of sp³-hybridized carbons (Fsp3) is 0.429. The predicted molar refractivity (Wildman–Crippen MR) is 106 cm³/mol. The van der Waals surface area contributed by atoms with Crippen LogP contribution in [0.3, 0.4) is 0 Å². The van der Waals surface area contributed by atoms with E-state index in [9.17, 15) is 8.42 Å². The summed E-state index contributed by atoms with van der Waals surface area (Å²) in [6.45, 7) is 6.25. The van der Waals surface area contributed by atoms with Crippen LogP contribution in [0.5, 0.6) is 0 Å². The van der Waals surface area contributed by atoms with Crippen LogP contribution in [0.1, 0.15) is 56.2 Å². The average Bonchev–Trinajstić information content (AvgIpc) is 2.59. The summed E-state index contributed by atoms with van der Waals surface area (Å²) < 4.78 is 28.6. The van der Waals surface area contributed by atoms with E-state index in [1.165, 1.54) is 0 Å². The largest absolute Gasteiger partial charge is 0.279 e. The molecule has 25 heavy (non-hydrogen) atoms. The molecule has 0 spiro atoms. The number of para-hydroxylation sites is 1. The first-order chi connectivity index (χ1) is 12.0. The lowest BCUT2D eigenvalue weighted by Crippen LogP contribution is -2.16. The minimum atomic E-state index is -3.58. The minimum absolute atomic E-state index is 0.310. The molecule has 2 aromatic carbocycles. The van der Waals surface area contributed by atoms with Gasteiger partial charge in [-0.05, 0) is 55.9 Å². The van der Waals surface area contributed by atoms with Crippen LogP contribution >= 0.6 is 0 Å². The van der Waals surface area contributed by atoms with E-state index < -0.39 is 10.0 Å². The number of nitrogens with one attached hydrogen (secondary N) is 1. The lowest BCUT2D eigenvalue weighted by atomic mass is 9.99. The molecular weight excluding hydrogens is 330 g/mol. The molecule has 0 fully saturated rings. The summed E-state index contributed by atoms with van der Waals surface area (Å²) >= 11 is 0. The zero-order chi connectivity index (χ0) is 18.3. The number of hydrogen-bond acceptors (Lipinski definition) is 2. The Hall–Kier alpha value is -1.81. The summed E-state index contributed by atoms with van der Waals surface area (Å²) in [6.07, 6.45) is 6.06. The fourth-order valence-electron chi connectivity index (χ4n) is 2.85. The van der Waals surface area contributed by atoms with Gasteiger partial charge in [0.05, 0.1) is 10.6 Å². The van der Waals surface area contributed by atoms with Gasteiger partial charge >= 0.3 is 0 Å². The average molecular weight is 360 g/mol. The molecule has 0 aromatic heterocycles. The van der Waals surface area contributed by atoms with Crippen molar-refractivity contribution >= 4 is 15.7 Å². The van der Waals surface area contributed by atoms with Crippen LogP contribution in [0.15, 0.2) is 47.4 Å². The van der Waals surface area contributed by atoms with E-state index in [-0.39, 0.29) is 0 Å². The van der Waals surface area contributed by atoms with Gasteiger partial charge < -0.3 is 0 Å². The predicted octanol–water partition coefficient (Wildman–Crippen LogP) is 5.48. The molecule has 2 aromatic rings. The molecule has 0 saturated carbocycles. The highest BCUT2D eigenvalue weighted by Crippen LogP contribution is 2.27. The Morgan fingerprint density at radius 1 is 0.840 bits per heavy atom. The first kappa shape index (κ1) is 19.5. The molecule has 0 atom stereocenters. The minimum Gasteiger partial charge on any atom is -0.279 e. The van der Waals surface area contributed by atoms with E-state index in [2.05, 4.69) is 18.6 Å². The zero-order valence-corrected chi connectivity index (χ0v) is 16.3. The van der Waals surface area contributed by atoms with E-state index >= 15 is 0 Å². The molecule has 0 radical (unpaired) electrons. The summed E-state index contributed by atoms with van der Waals surface area (Å²) in [5, 5.41) is 0. The molecule has 0 aliphatic heterocycles. The maximum Gasteiger partial charge on any atom is 0.261 e. The normalized spacial score (nSPS) is 11.5. The van der Waals surface area contributed by atoms with Crippen molar-refractivity contribution in [2.24, 2.45) is 0 Å². The van der Waals surface area contributed by atoms with Crippen molar-refractivity contribution < 1.29 is 8.42 Å². The molecule has 0 amide bonds. The Morgan fingerprint density at radius 2 is 1.36 bits per heavy atom. The van der Waals surface area contributed by atoms with Gasteiger partial charge in [0.15, 0.2) is 0 Å². The molecule has 1 N–H and O–H groups in total. The van der Waals surface area contributed by atoms with Crippen molar-refractivity contribution in [2.45, 2.75) is 64.2 Å². The summed E-state index contributed by atoms with van der Waals surface area (Å²) in [4.78, 5) is 0.310. The number of unbranched alkanes of at least 4 members (excludes halogenated alkanes) is 2. The number of benzene rings is 2. The van der Waals surface area contributed by atoms with Crippen LogP contribution in [0.25, 0.3) is 0 Å². The van der Waals surface area contributed by atoms with Crippen LogP contribution in [-0.4, -0.2) is 8.42 Å². The highest BCUT2D eigenvalue weighted by molar-refractivity contribution is 7.92. The summed E-state index contributed by atoms with van der Waals surface area (Å²) in [5.74, 6) is 0. The van der Waals surface area contributed by atoms with E-state index in [0.29, 0.717) is 4.90 Å². The standard InChI is InChI=1S/C21H29NO2S/c1-4-6-9-18-11-8-12-19(10-7-5-2)21(18)22-25(23,24)20-15-13-17(3)14-16-20/h8,11-16,22H,4-7,9-10H2,1-3H3. The number of anilines is 1. The Labute approximate surface area is 152 Å². The van der Waals surface area contributed by atoms with E-state index in [1.807, 2.05) is 37.3 Å². The first-order valence-corrected chi connectivity index (χ1v) is 10.7. The molecule has 2 rings (SSSR count). The number of aryl methyl sites for hydroxylation is 3. The monoisotopic (exact) mass is 359 g/mol. The smallest absolute Gasteiger partial charge is 0.261 e. The molecule has 3 nitrogen and oxygen atoms in total. The quantitative estimate of drug-likeness (QED) is 0.644. The van der Waals surface area contributed by atoms with Crippen LogP contribution in [0, 0.1) is 6.92 Å². The van der Waals surface area contributed by atoms with Crippen LogP contribution in [0.4, 0.5) is 5.69 Å². The first-order valence-electron chi connectivity index (χ1n) is 9.18. The van der Waals surface area contributed by atoms with Gasteiger partial charge in [0.2, 0.25) is 0 Å². The van der Waals surface area contributed by atoms with Crippen molar-refractivity contribution in [3.63, 3.8) is 0 Å². The second-order valence-corrected chi connectivity index (χ2v) is 8.26. The third-order valence-corrected chi connectivity index (χ3v) is 5.77. The van der Waals surface area contributed by atoms with Crippen molar-refractivity contribution in [3.8, 4) is 0 Å². The highest BCUT2D eigenvalue weighted by atomic mass is 32.2. The molecule has 0 heterocycles. The Kier molecular flexibility index (Phi) is 7.06. The summed E-state index contributed by atoms with van der Waals surface area (Å²) in [5.41, 5.74) is 4.01. The van der Waals surface area contributed by atoms with Gasteiger partial charge in [-0.2, -0.15) is 0 Å². The lowest BCUT2D eigenvalue weighted by molar-refractivity contribution is 0.601. The SMILES string of the molecule is CCCCc1cccc(CCCC)c1NS(=O)(=O)c1ccc(C)cc1. The Balaban J connectivity index is 2.38. The summed E-state index contributed by atoms with van der Waals surface area (Å²) in [6, 6.07) is 13.1. The maximum atomic E-state index is 12.9. The van der Waals surface area contributed by atoms with Gasteiger partial charge in [-0.1, -0.05) is 62.6 Å². The van der Waals surface area contributed by atoms with E-state index in [1.54, 1.807) is 12.1 Å². The van der Waals surface area contributed by atoms with E-state index in [4.69, 9.17) is 0 Å². The lowest BCUT2D eigenvalue weighted by Gasteiger charge is -2.17. The van der Waals surface area contributed by atoms with Gasteiger partial charge in [0.1, 0.15) is 0 Å². The van der Waals surface area contributed by atoms with E-state index in [0.717, 1.165) is 60.9 Å². The van der Waals surface area contributed by atoms with Crippen molar-refractivity contribution in [1.29, 1.82) is 0 Å². The van der Waals surface area contributed by atoms with Gasteiger partial charge in [0.25, 0.3) is 10.0 Å². The molecule has 136 valence electrons. The second kappa shape index (κ2) is 9.04. The van der Waals surface area contributed by atoms with Gasteiger partial charge in [-0.3, -0.25) is 4.72 Å². The third kappa shape index (κ3) is 5.33. The fourth-order valence-corrected chi connectivity index (χ4v) is 3.99. The molecule has 4 heteroatoms. The topological polar surface area (TPSA) is 46.2 Å².